The van der Waals surface area contributed by atoms with E-state index in [1.54, 1.807) is 0 Å². The van der Waals surface area contributed by atoms with Gasteiger partial charge in [-0.2, -0.15) is 0 Å². The number of fused-ring (bicyclic) bond motifs is 1. The van der Waals surface area contributed by atoms with Gasteiger partial charge in [0.15, 0.2) is 0 Å². The van der Waals surface area contributed by atoms with Gasteiger partial charge in [0.1, 0.15) is 0 Å². The Balaban J connectivity index is 1.70. The maximum atomic E-state index is 10.4. The first-order valence-electron chi connectivity index (χ1n) is 6.60. The van der Waals surface area contributed by atoms with Gasteiger partial charge in [0.25, 0.3) is 0 Å². The molecular weight excluding hydrogens is 196 g/mol. The average Bonchev–Trinajstić information content (AvgIpc) is 3.13. The lowest BCUT2D eigenvalue weighted by atomic mass is 9.79. The van der Waals surface area contributed by atoms with Gasteiger partial charge < -0.3 is 5.11 Å². The van der Waals surface area contributed by atoms with Crippen LogP contribution < -0.4 is 0 Å². The Hall–Kier alpha value is -0.820. The Labute approximate surface area is 97.5 Å². The molecule has 0 bridgehead atoms. The summed E-state index contributed by atoms with van der Waals surface area (Å²) < 4.78 is 0. The highest BCUT2D eigenvalue weighted by Crippen LogP contribution is 2.41. The Morgan fingerprint density at radius 1 is 1.06 bits per heavy atom. The molecule has 1 heteroatoms. The molecule has 1 aromatic carbocycles. The fourth-order valence-electron chi connectivity index (χ4n) is 2.96. The summed E-state index contributed by atoms with van der Waals surface area (Å²) in [5.41, 5.74) is 2.55. The van der Waals surface area contributed by atoms with Crippen LogP contribution in [0.3, 0.4) is 0 Å². The van der Waals surface area contributed by atoms with Crippen molar-refractivity contribution in [2.24, 2.45) is 11.8 Å². The number of benzene rings is 1. The van der Waals surface area contributed by atoms with Gasteiger partial charge in [0.05, 0.1) is 6.10 Å². The van der Waals surface area contributed by atoms with Crippen molar-refractivity contribution in [3.63, 3.8) is 0 Å². The summed E-state index contributed by atoms with van der Waals surface area (Å²) in [6, 6.07) is 8.39. The van der Waals surface area contributed by atoms with E-state index >= 15 is 0 Å². The molecule has 1 saturated carbocycles. The van der Waals surface area contributed by atoms with Crippen LogP contribution in [0.2, 0.25) is 0 Å². The van der Waals surface area contributed by atoms with Crippen molar-refractivity contribution < 1.29 is 5.11 Å². The number of rotatable bonds is 3. The molecule has 16 heavy (non-hydrogen) atoms. The molecule has 2 atom stereocenters. The minimum atomic E-state index is -0.205. The summed E-state index contributed by atoms with van der Waals surface area (Å²) in [7, 11) is 0. The highest BCUT2D eigenvalue weighted by Gasteiger charge is 2.29. The topological polar surface area (TPSA) is 20.2 Å². The highest BCUT2D eigenvalue weighted by atomic mass is 16.3. The van der Waals surface area contributed by atoms with Crippen molar-refractivity contribution in [2.45, 2.75) is 44.6 Å². The lowest BCUT2D eigenvalue weighted by molar-refractivity contribution is 0.0864. The molecule has 1 fully saturated rings. The maximum Gasteiger partial charge on any atom is 0.0820 e. The largest absolute Gasteiger partial charge is 0.388 e. The van der Waals surface area contributed by atoms with E-state index in [4.69, 9.17) is 0 Å². The van der Waals surface area contributed by atoms with Gasteiger partial charge in [-0.3, -0.25) is 0 Å². The molecule has 0 aliphatic heterocycles. The molecule has 1 nitrogen and oxygen atoms in total. The van der Waals surface area contributed by atoms with Crippen molar-refractivity contribution in [1.82, 2.24) is 0 Å². The molecule has 86 valence electrons. The monoisotopic (exact) mass is 216 g/mol. The third-order valence-corrected chi connectivity index (χ3v) is 4.25. The number of hydrogen-bond acceptors (Lipinski definition) is 1. The number of aliphatic hydroxyl groups is 1. The van der Waals surface area contributed by atoms with E-state index in [0.29, 0.717) is 5.92 Å². The van der Waals surface area contributed by atoms with E-state index in [1.807, 2.05) is 6.07 Å². The molecule has 1 N–H and O–H groups in total. The molecule has 0 aromatic heterocycles. The molecule has 2 unspecified atom stereocenters. The van der Waals surface area contributed by atoms with Crippen LogP contribution in [-0.2, 0) is 6.42 Å². The van der Waals surface area contributed by atoms with Gasteiger partial charge in [0.2, 0.25) is 0 Å². The van der Waals surface area contributed by atoms with Gasteiger partial charge in [-0.05, 0) is 42.2 Å². The molecule has 3 rings (SSSR count). The first kappa shape index (κ1) is 10.3. The average molecular weight is 216 g/mol. The predicted molar refractivity (Wildman–Crippen MR) is 65.2 cm³/mol. The minimum Gasteiger partial charge on any atom is -0.388 e. The summed E-state index contributed by atoms with van der Waals surface area (Å²) in [5.74, 6) is 1.50. The second-order valence-corrected chi connectivity index (χ2v) is 5.46. The zero-order chi connectivity index (χ0) is 11.0. The second-order valence-electron chi connectivity index (χ2n) is 5.46. The molecule has 0 heterocycles. The molecule has 2 aliphatic carbocycles. The third-order valence-electron chi connectivity index (χ3n) is 4.25. The van der Waals surface area contributed by atoms with E-state index in [0.717, 1.165) is 12.3 Å². The molecule has 0 amide bonds. The van der Waals surface area contributed by atoms with Crippen LogP contribution in [0.1, 0.15) is 49.3 Å². The Kier molecular flexibility index (Phi) is 2.72. The van der Waals surface area contributed by atoms with Gasteiger partial charge in [0, 0.05) is 0 Å². The first-order valence-corrected chi connectivity index (χ1v) is 6.60. The van der Waals surface area contributed by atoms with E-state index in [1.165, 1.54) is 43.2 Å². The van der Waals surface area contributed by atoms with Crippen molar-refractivity contribution in [3.05, 3.63) is 35.4 Å². The van der Waals surface area contributed by atoms with Gasteiger partial charge in [-0.15, -0.1) is 0 Å². The van der Waals surface area contributed by atoms with Crippen molar-refractivity contribution in [1.29, 1.82) is 0 Å². The quantitative estimate of drug-likeness (QED) is 0.820. The van der Waals surface area contributed by atoms with Crippen LogP contribution in [0.4, 0.5) is 0 Å². The summed E-state index contributed by atoms with van der Waals surface area (Å²) in [6.45, 7) is 0. The van der Waals surface area contributed by atoms with E-state index < -0.39 is 0 Å². The Morgan fingerprint density at radius 3 is 2.69 bits per heavy atom. The summed E-state index contributed by atoms with van der Waals surface area (Å²) in [5, 5.41) is 10.4. The SMILES string of the molecule is OC1c2ccccc2CCC1CCC1CC1. The van der Waals surface area contributed by atoms with Crippen LogP contribution in [-0.4, -0.2) is 5.11 Å². The zero-order valence-corrected chi connectivity index (χ0v) is 9.73. The van der Waals surface area contributed by atoms with Crippen LogP contribution in [0, 0.1) is 11.8 Å². The van der Waals surface area contributed by atoms with E-state index in [9.17, 15) is 5.11 Å². The van der Waals surface area contributed by atoms with Crippen LogP contribution in [0.5, 0.6) is 0 Å². The normalized spacial score (nSPS) is 28.8. The molecule has 2 aliphatic rings. The lowest BCUT2D eigenvalue weighted by Crippen LogP contribution is -2.20. The van der Waals surface area contributed by atoms with Crippen LogP contribution in [0.15, 0.2) is 24.3 Å². The summed E-state index contributed by atoms with van der Waals surface area (Å²) in [4.78, 5) is 0. The van der Waals surface area contributed by atoms with E-state index in [2.05, 4.69) is 18.2 Å². The van der Waals surface area contributed by atoms with Crippen molar-refractivity contribution in [2.75, 3.05) is 0 Å². The zero-order valence-electron chi connectivity index (χ0n) is 9.73. The number of hydrogen-bond donors (Lipinski definition) is 1. The van der Waals surface area contributed by atoms with E-state index in [-0.39, 0.29) is 6.10 Å². The smallest absolute Gasteiger partial charge is 0.0820 e. The fraction of sp³-hybridized carbons (Fsp3) is 0.600. The van der Waals surface area contributed by atoms with Gasteiger partial charge in [-0.1, -0.05) is 43.5 Å². The van der Waals surface area contributed by atoms with Crippen molar-refractivity contribution in [3.8, 4) is 0 Å². The Bertz CT molecular complexity index is 367. The van der Waals surface area contributed by atoms with Crippen LogP contribution in [0.25, 0.3) is 0 Å². The standard InChI is InChI=1S/C15H20O/c16-15-13(8-7-11-5-6-11)10-9-12-3-1-2-4-14(12)15/h1-4,11,13,15-16H,5-10H2. The summed E-state index contributed by atoms with van der Waals surface area (Å²) >= 11 is 0. The van der Waals surface area contributed by atoms with Crippen LogP contribution >= 0.6 is 0 Å². The first-order chi connectivity index (χ1) is 7.84. The maximum absolute atomic E-state index is 10.4. The molecule has 0 radical (unpaired) electrons. The molecule has 0 saturated heterocycles. The van der Waals surface area contributed by atoms with Gasteiger partial charge >= 0.3 is 0 Å². The molecule has 0 spiro atoms. The Morgan fingerprint density at radius 2 is 1.88 bits per heavy atom. The number of aliphatic hydroxyl groups excluding tert-OH is 1. The molecule has 1 aromatic rings. The predicted octanol–water partition coefficient (Wildman–Crippen LogP) is 3.47. The highest BCUT2D eigenvalue weighted by molar-refractivity contribution is 5.31. The molecular formula is C15H20O. The van der Waals surface area contributed by atoms with Crippen molar-refractivity contribution >= 4 is 0 Å². The third kappa shape index (κ3) is 2.01. The summed E-state index contributed by atoms with van der Waals surface area (Å²) in [6.07, 6.45) is 7.54. The minimum absolute atomic E-state index is 0.205. The lowest BCUT2D eigenvalue weighted by Gasteiger charge is -2.30. The van der Waals surface area contributed by atoms with Gasteiger partial charge in [-0.25, -0.2) is 0 Å². The fourth-order valence-corrected chi connectivity index (χ4v) is 2.96. The number of aryl methyl sites for hydroxylation is 1. The second kappa shape index (κ2) is 4.21.